The molecule has 0 aromatic heterocycles. The van der Waals surface area contributed by atoms with Crippen molar-refractivity contribution in [3.8, 4) is 0 Å². The van der Waals surface area contributed by atoms with Gasteiger partial charge in [-0.2, -0.15) is 0 Å². The second kappa shape index (κ2) is 7.41. The van der Waals surface area contributed by atoms with Crippen LogP contribution >= 0.6 is 23.5 Å². The summed E-state index contributed by atoms with van der Waals surface area (Å²) in [7, 11) is 0. The van der Waals surface area contributed by atoms with Crippen molar-refractivity contribution in [3.05, 3.63) is 9.93 Å². The summed E-state index contributed by atoms with van der Waals surface area (Å²) in [6.07, 6.45) is -1.03. The number of rotatable bonds is 7. The first kappa shape index (κ1) is 21.1. The molecule has 1 saturated heterocycles. The number of amides is 1. The number of nitrogens with zero attached hydrogens (tertiary/aromatic N) is 1. The number of esters is 1. The number of aliphatic hydroxyl groups is 2. The van der Waals surface area contributed by atoms with Gasteiger partial charge in [-0.3, -0.25) is 14.5 Å². The number of hydrogen-bond acceptors (Lipinski definition) is 8. The molecule has 0 aromatic carbocycles. The first-order valence-electron chi connectivity index (χ1n) is 8.07. The van der Waals surface area contributed by atoms with E-state index in [1.54, 1.807) is 20.8 Å². The molecule has 0 saturated carbocycles. The van der Waals surface area contributed by atoms with Gasteiger partial charge in [-0.25, -0.2) is 4.79 Å². The number of aliphatic carboxylic acids is 1. The predicted octanol–water partition coefficient (Wildman–Crippen LogP) is 0.837. The molecule has 0 aromatic rings. The van der Waals surface area contributed by atoms with Gasteiger partial charge >= 0.3 is 11.9 Å². The van der Waals surface area contributed by atoms with E-state index in [1.165, 1.54) is 6.92 Å². The van der Waals surface area contributed by atoms with Crippen LogP contribution in [0.5, 0.6) is 0 Å². The Morgan fingerprint density at radius 3 is 2.50 bits per heavy atom. The van der Waals surface area contributed by atoms with Gasteiger partial charge in [0.25, 0.3) is 0 Å². The van der Waals surface area contributed by atoms with Crippen molar-refractivity contribution in [1.82, 2.24) is 4.90 Å². The van der Waals surface area contributed by atoms with Gasteiger partial charge in [0.2, 0.25) is 5.91 Å². The number of carboxylic acids is 1. The van der Waals surface area contributed by atoms with Crippen LogP contribution in [0.1, 0.15) is 27.7 Å². The number of β-lactam (4-membered cyclic amide) rings is 1. The zero-order chi connectivity index (χ0) is 19.9. The zero-order valence-electron chi connectivity index (χ0n) is 15.0. The molecule has 8 nitrogen and oxygen atoms in total. The molecule has 10 heteroatoms. The van der Waals surface area contributed by atoms with Crippen molar-refractivity contribution in [2.24, 2.45) is 11.3 Å². The molecule has 2 heterocycles. The van der Waals surface area contributed by atoms with E-state index < -0.39 is 40.2 Å². The summed E-state index contributed by atoms with van der Waals surface area (Å²) in [5, 5.41) is 28.6. The summed E-state index contributed by atoms with van der Waals surface area (Å²) >= 11 is 2.21. The number of aliphatic hydroxyl groups excluding tert-OH is 2. The highest BCUT2D eigenvalue weighted by Crippen LogP contribution is 2.61. The quantitative estimate of drug-likeness (QED) is 0.417. The lowest BCUT2D eigenvalue weighted by atomic mass is 9.82. The molecule has 2 aliphatic rings. The average Bonchev–Trinajstić information content (AvgIpc) is 2.79. The number of carbonyl (C=O) groups excluding carboxylic acids is 2. The summed E-state index contributed by atoms with van der Waals surface area (Å²) in [6, 6.07) is 0. The van der Waals surface area contributed by atoms with E-state index in [2.05, 4.69) is 0 Å². The van der Waals surface area contributed by atoms with Crippen LogP contribution in [-0.2, 0) is 19.1 Å². The summed E-state index contributed by atoms with van der Waals surface area (Å²) in [6.45, 7) is 6.14. The monoisotopic (exact) mass is 405 g/mol. The van der Waals surface area contributed by atoms with Gasteiger partial charge in [0.05, 0.1) is 22.4 Å². The van der Waals surface area contributed by atoms with Gasteiger partial charge in [0.15, 0.2) is 5.70 Å². The molecular weight excluding hydrogens is 382 g/mol. The molecule has 0 aliphatic carbocycles. The van der Waals surface area contributed by atoms with E-state index in [1.807, 2.05) is 0 Å². The Hall–Kier alpha value is -1.23. The highest BCUT2D eigenvalue weighted by atomic mass is 32.2. The van der Waals surface area contributed by atoms with Crippen molar-refractivity contribution in [2.45, 2.75) is 38.7 Å². The van der Waals surface area contributed by atoms with E-state index in [9.17, 15) is 24.6 Å². The third kappa shape index (κ3) is 3.47. The van der Waals surface area contributed by atoms with Crippen molar-refractivity contribution in [3.63, 3.8) is 0 Å². The minimum atomic E-state index is -1.28. The smallest absolute Gasteiger partial charge is 0.354 e. The van der Waals surface area contributed by atoms with Crippen LogP contribution in [-0.4, -0.2) is 68.0 Å². The fraction of sp³-hybridized carbons (Fsp3) is 0.688. The van der Waals surface area contributed by atoms with E-state index in [0.717, 1.165) is 28.4 Å². The maximum absolute atomic E-state index is 12.5. The Morgan fingerprint density at radius 2 is 2.04 bits per heavy atom. The number of ether oxygens (including phenoxy) is 1. The lowest BCUT2D eigenvalue weighted by Crippen LogP contribution is -2.72. The summed E-state index contributed by atoms with van der Waals surface area (Å²) in [4.78, 5) is 36.3. The van der Waals surface area contributed by atoms with Crippen LogP contribution in [0.15, 0.2) is 9.93 Å². The molecular formula is C16H23NO7S2. The number of carboxylic acid groups (broad SMARTS) is 1. The van der Waals surface area contributed by atoms with E-state index in [-0.39, 0.29) is 24.7 Å². The Morgan fingerprint density at radius 1 is 1.42 bits per heavy atom. The third-order valence-corrected chi connectivity index (χ3v) is 6.80. The van der Waals surface area contributed by atoms with Crippen molar-refractivity contribution < 1.29 is 34.4 Å². The predicted molar refractivity (Wildman–Crippen MR) is 97.0 cm³/mol. The SMILES string of the molecule is CC(O)[C@H]1C(=O)N2C(C(=O)O)=C(SCCO)S[C@@]12COC(=O)C(C)(C)C. The van der Waals surface area contributed by atoms with Gasteiger partial charge < -0.3 is 20.1 Å². The molecule has 2 aliphatic heterocycles. The molecule has 146 valence electrons. The van der Waals surface area contributed by atoms with Crippen LogP contribution in [0.4, 0.5) is 0 Å². The second-order valence-corrected chi connectivity index (χ2v) is 9.86. The molecule has 26 heavy (non-hydrogen) atoms. The third-order valence-electron chi connectivity index (χ3n) is 4.07. The van der Waals surface area contributed by atoms with Gasteiger partial charge in [-0.05, 0) is 27.7 Å². The lowest BCUT2D eigenvalue weighted by molar-refractivity contribution is -0.177. The highest BCUT2D eigenvalue weighted by Gasteiger charge is 2.69. The van der Waals surface area contributed by atoms with Crippen LogP contribution in [0.25, 0.3) is 0 Å². The van der Waals surface area contributed by atoms with Crippen LogP contribution in [0, 0.1) is 11.3 Å². The Bertz CT molecular complexity index is 655. The molecule has 0 bridgehead atoms. The first-order valence-corrected chi connectivity index (χ1v) is 9.87. The van der Waals surface area contributed by atoms with Gasteiger partial charge in [0, 0.05) is 5.75 Å². The number of hydrogen-bond donors (Lipinski definition) is 3. The van der Waals surface area contributed by atoms with Crippen molar-refractivity contribution in [1.29, 1.82) is 0 Å². The zero-order valence-corrected chi connectivity index (χ0v) is 16.6. The molecule has 3 N–H and O–H groups in total. The Labute approximate surface area is 159 Å². The largest absolute Gasteiger partial charge is 0.477 e. The first-order chi connectivity index (χ1) is 12.0. The number of carbonyl (C=O) groups is 3. The highest BCUT2D eigenvalue weighted by molar-refractivity contribution is 8.23. The molecule has 2 rings (SSSR count). The summed E-state index contributed by atoms with van der Waals surface area (Å²) in [5.74, 6) is -2.90. The molecule has 1 fully saturated rings. The fourth-order valence-electron chi connectivity index (χ4n) is 2.87. The van der Waals surface area contributed by atoms with Crippen LogP contribution < -0.4 is 0 Å². The normalized spacial score (nSPS) is 26.5. The molecule has 3 atom stereocenters. The number of thioether (sulfide) groups is 2. The average molecular weight is 405 g/mol. The Kier molecular flexibility index (Phi) is 6.01. The fourth-order valence-corrected chi connectivity index (χ4v) is 5.79. The Balaban J connectivity index is 2.35. The minimum absolute atomic E-state index is 0.151. The van der Waals surface area contributed by atoms with E-state index in [4.69, 9.17) is 9.84 Å². The maximum atomic E-state index is 12.5. The lowest BCUT2D eigenvalue weighted by Gasteiger charge is -2.53. The summed E-state index contributed by atoms with van der Waals surface area (Å²) < 4.78 is 5.74. The molecule has 0 spiro atoms. The number of fused-ring (bicyclic) bond motifs is 1. The summed E-state index contributed by atoms with van der Waals surface area (Å²) in [5.41, 5.74) is -0.946. The molecule has 1 unspecified atom stereocenters. The van der Waals surface area contributed by atoms with Gasteiger partial charge in [0.1, 0.15) is 17.4 Å². The van der Waals surface area contributed by atoms with Gasteiger partial charge in [-0.1, -0.05) is 11.8 Å². The maximum Gasteiger partial charge on any atom is 0.354 e. The minimum Gasteiger partial charge on any atom is -0.477 e. The second-order valence-electron chi connectivity index (χ2n) is 7.18. The van der Waals surface area contributed by atoms with Crippen molar-refractivity contribution in [2.75, 3.05) is 19.0 Å². The molecule has 0 radical (unpaired) electrons. The van der Waals surface area contributed by atoms with E-state index in [0.29, 0.717) is 4.24 Å². The van der Waals surface area contributed by atoms with Crippen LogP contribution in [0.3, 0.4) is 0 Å². The van der Waals surface area contributed by atoms with Crippen LogP contribution in [0.2, 0.25) is 0 Å². The van der Waals surface area contributed by atoms with Crippen molar-refractivity contribution >= 4 is 41.4 Å². The topological polar surface area (TPSA) is 124 Å². The standard InChI is InChI=1S/C16H23NO7S2/c1-8(19)9-11(20)17-10(12(21)22)13(25-6-5-18)26-16(9,17)7-24-14(23)15(2,3)4/h8-9,18-19H,5-7H2,1-4H3,(H,21,22)/t8?,9-,16-/m0/s1. The van der Waals surface area contributed by atoms with Gasteiger partial charge in [-0.15, -0.1) is 11.8 Å². The molecule has 1 amide bonds. The van der Waals surface area contributed by atoms with E-state index >= 15 is 0 Å².